The van der Waals surface area contributed by atoms with Crippen LogP contribution >= 0.6 is 11.3 Å². The number of thiophene rings is 1. The van der Waals surface area contributed by atoms with Crippen LogP contribution in [0.2, 0.25) is 0 Å². The highest BCUT2D eigenvalue weighted by atomic mass is 32.1. The molecule has 128 valence electrons. The van der Waals surface area contributed by atoms with Gasteiger partial charge < -0.3 is 15.2 Å². The number of ether oxygens (including phenoxy) is 1. The van der Waals surface area contributed by atoms with Crippen LogP contribution < -0.4 is 15.5 Å². The van der Waals surface area contributed by atoms with Gasteiger partial charge in [-0.1, -0.05) is 0 Å². The van der Waals surface area contributed by atoms with Crippen molar-refractivity contribution in [3.63, 3.8) is 0 Å². The van der Waals surface area contributed by atoms with Gasteiger partial charge in [0.1, 0.15) is 11.8 Å². The Bertz CT molecular complexity index is 712. The summed E-state index contributed by atoms with van der Waals surface area (Å²) in [6.07, 6.45) is -1.15. The van der Waals surface area contributed by atoms with Gasteiger partial charge in [-0.2, -0.15) is 0 Å². The van der Waals surface area contributed by atoms with Crippen LogP contribution in [0.1, 0.15) is 16.6 Å². The summed E-state index contributed by atoms with van der Waals surface area (Å²) in [6.45, 7) is 1.34. The van der Waals surface area contributed by atoms with Gasteiger partial charge in [-0.05, 0) is 48.9 Å². The van der Waals surface area contributed by atoms with Gasteiger partial charge in [0.25, 0.3) is 11.8 Å². The van der Waals surface area contributed by atoms with Crippen LogP contribution in [-0.2, 0) is 4.79 Å². The highest BCUT2D eigenvalue weighted by Gasteiger charge is 2.26. The predicted molar refractivity (Wildman–Crippen MR) is 89.2 cm³/mol. The molecule has 4 N–H and O–H groups in total. The SMILES string of the molecule is COc1ccc(-c2ccc(C(=O)N[C@H](C(=O)NO)[C@@H](C)O)s2)cc1. The molecule has 0 aliphatic heterocycles. The standard InChI is InChI=1S/C16H18N2O5S/c1-9(19)14(16(21)18-22)17-15(20)13-8-7-12(24-13)10-3-5-11(23-2)6-4-10/h3-9,14,19,22H,1-2H3,(H,17,20)(H,18,21)/t9-,14+/m1/s1. The number of aliphatic hydroxyl groups excluding tert-OH is 1. The number of carbonyl (C=O) groups excluding carboxylic acids is 2. The number of methoxy groups -OCH3 is 1. The quantitative estimate of drug-likeness (QED) is 0.465. The first-order chi connectivity index (χ1) is 11.5. The summed E-state index contributed by atoms with van der Waals surface area (Å²) in [4.78, 5) is 25.0. The minimum absolute atomic E-state index is 0.386. The molecule has 1 aromatic heterocycles. The maximum Gasteiger partial charge on any atom is 0.268 e. The predicted octanol–water partition coefficient (Wildman–Crippen LogP) is 1.41. The topological polar surface area (TPSA) is 108 Å². The first-order valence-electron chi connectivity index (χ1n) is 7.13. The number of hydrogen-bond donors (Lipinski definition) is 4. The van der Waals surface area contributed by atoms with E-state index >= 15 is 0 Å². The molecule has 24 heavy (non-hydrogen) atoms. The van der Waals surface area contributed by atoms with Crippen molar-refractivity contribution < 1.29 is 24.6 Å². The molecule has 1 heterocycles. The number of carbonyl (C=O) groups is 2. The van der Waals surface area contributed by atoms with E-state index < -0.39 is 24.0 Å². The van der Waals surface area contributed by atoms with Gasteiger partial charge in [-0.25, -0.2) is 5.48 Å². The molecule has 1 aromatic carbocycles. The van der Waals surface area contributed by atoms with Gasteiger partial charge in [0.05, 0.1) is 18.1 Å². The van der Waals surface area contributed by atoms with Crippen LogP contribution in [0.3, 0.4) is 0 Å². The number of aliphatic hydroxyl groups is 1. The number of amides is 2. The third-order valence-corrected chi connectivity index (χ3v) is 4.50. The van der Waals surface area contributed by atoms with Gasteiger partial charge in [-0.3, -0.25) is 14.8 Å². The molecule has 2 aromatic rings. The molecule has 7 nitrogen and oxygen atoms in total. The summed E-state index contributed by atoms with van der Waals surface area (Å²) in [5.74, 6) is -0.650. The van der Waals surface area contributed by atoms with Crippen LogP contribution in [0.25, 0.3) is 10.4 Å². The van der Waals surface area contributed by atoms with Crippen LogP contribution in [0.4, 0.5) is 0 Å². The Hall–Kier alpha value is -2.42. The zero-order chi connectivity index (χ0) is 17.7. The molecule has 0 bridgehead atoms. The fourth-order valence-corrected chi connectivity index (χ4v) is 2.97. The molecule has 2 atom stereocenters. The first-order valence-corrected chi connectivity index (χ1v) is 7.95. The summed E-state index contributed by atoms with van der Waals surface area (Å²) in [7, 11) is 1.59. The minimum atomic E-state index is -1.24. The Kier molecular flexibility index (Phi) is 5.91. The summed E-state index contributed by atoms with van der Waals surface area (Å²) in [5, 5.41) is 20.6. The number of benzene rings is 1. The Labute approximate surface area is 142 Å². The van der Waals surface area contributed by atoms with Crippen LogP contribution in [-0.4, -0.2) is 41.4 Å². The fourth-order valence-electron chi connectivity index (χ4n) is 2.06. The third kappa shape index (κ3) is 4.10. The molecule has 0 unspecified atom stereocenters. The zero-order valence-corrected chi connectivity index (χ0v) is 14.0. The summed E-state index contributed by atoms with van der Waals surface area (Å²) in [6, 6.07) is 9.59. The van der Waals surface area contributed by atoms with E-state index in [4.69, 9.17) is 9.94 Å². The van der Waals surface area contributed by atoms with E-state index in [1.54, 1.807) is 19.2 Å². The van der Waals surface area contributed by atoms with E-state index in [1.807, 2.05) is 24.3 Å². The molecular formula is C16H18N2O5S. The Morgan fingerprint density at radius 1 is 1.17 bits per heavy atom. The molecule has 8 heteroatoms. The highest BCUT2D eigenvalue weighted by molar-refractivity contribution is 7.17. The molecule has 0 fully saturated rings. The molecule has 0 saturated heterocycles. The van der Waals surface area contributed by atoms with Crippen molar-refractivity contribution in [2.75, 3.05) is 7.11 Å². The monoisotopic (exact) mass is 350 g/mol. The second-order valence-corrected chi connectivity index (χ2v) is 6.14. The van der Waals surface area contributed by atoms with E-state index in [1.165, 1.54) is 23.7 Å². The van der Waals surface area contributed by atoms with Gasteiger partial charge >= 0.3 is 0 Å². The Balaban J connectivity index is 2.13. The largest absolute Gasteiger partial charge is 0.497 e. The lowest BCUT2D eigenvalue weighted by atomic mass is 10.1. The normalized spacial score (nSPS) is 13.0. The summed E-state index contributed by atoms with van der Waals surface area (Å²) in [5.41, 5.74) is 2.35. The minimum Gasteiger partial charge on any atom is -0.497 e. The fraction of sp³-hybridized carbons (Fsp3) is 0.250. The Morgan fingerprint density at radius 2 is 1.83 bits per heavy atom. The van der Waals surface area contributed by atoms with Gasteiger partial charge in [0.2, 0.25) is 0 Å². The lowest BCUT2D eigenvalue weighted by Crippen LogP contribution is -2.51. The highest BCUT2D eigenvalue weighted by Crippen LogP contribution is 2.29. The second kappa shape index (κ2) is 7.91. The summed E-state index contributed by atoms with van der Waals surface area (Å²) < 4.78 is 5.10. The first kappa shape index (κ1) is 17.9. The number of hydroxylamine groups is 1. The maximum absolute atomic E-state index is 12.2. The van der Waals surface area contributed by atoms with Crippen molar-refractivity contribution in [3.8, 4) is 16.2 Å². The van der Waals surface area contributed by atoms with E-state index in [0.717, 1.165) is 16.2 Å². The van der Waals surface area contributed by atoms with E-state index in [2.05, 4.69) is 5.32 Å². The number of hydrogen-bond acceptors (Lipinski definition) is 6. The van der Waals surface area contributed by atoms with E-state index in [0.29, 0.717) is 4.88 Å². The van der Waals surface area contributed by atoms with Crippen molar-refractivity contribution in [2.24, 2.45) is 0 Å². The lowest BCUT2D eigenvalue weighted by Gasteiger charge is -2.18. The molecule has 2 amide bonds. The average Bonchev–Trinajstić information content (AvgIpc) is 3.08. The van der Waals surface area contributed by atoms with Crippen LogP contribution in [0, 0.1) is 0 Å². The third-order valence-electron chi connectivity index (χ3n) is 3.37. The number of rotatable bonds is 6. The Morgan fingerprint density at radius 3 is 2.38 bits per heavy atom. The summed E-state index contributed by atoms with van der Waals surface area (Å²) >= 11 is 1.25. The molecule has 2 rings (SSSR count). The molecule has 0 spiro atoms. The van der Waals surface area contributed by atoms with Crippen molar-refractivity contribution in [1.82, 2.24) is 10.8 Å². The molecule has 0 radical (unpaired) electrons. The maximum atomic E-state index is 12.2. The molecular weight excluding hydrogens is 332 g/mol. The van der Waals surface area contributed by atoms with Gasteiger partial charge in [-0.15, -0.1) is 11.3 Å². The zero-order valence-electron chi connectivity index (χ0n) is 13.1. The van der Waals surface area contributed by atoms with Crippen molar-refractivity contribution in [2.45, 2.75) is 19.1 Å². The van der Waals surface area contributed by atoms with Crippen molar-refractivity contribution in [3.05, 3.63) is 41.3 Å². The van der Waals surface area contributed by atoms with Crippen molar-refractivity contribution in [1.29, 1.82) is 0 Å². The van der Waals surface area contributed by atoms with E-state index in [-0.39, 0.29) is 0 Å². The smallest absolute Gasteiger partial charge is 0.268 e. The average molecular weight is 350 g/mol. The molecule has 0 aliphatic rings. The second-order valence-electron chi connectivity index (χ2n) is 5.06. The van der Waals surface area contributed by atoms with Crippen LogP contribution in [0.5, 0.6) is 5.75 Å². The van der Waals surface area contributed by atoms with Crippen LogP contribution in [0.15, 0.2) is 36.4 Å². The molecule has 0 aliphatic carbocycles. The van der Waals surface area contributed by atoms with Crippen molar-refractivity contribution >= 4 is 23.2 Å². The van der Waals surface area contributed by atoms with E-state index in [9.17, 15) is 14.7 Å². The molecule has 0 saturated carbocycles. The number of nitrogens with one attached hydrogen (secondary N) is 2. The lowest BCUT2D eigenvalue weighted by molar-refractivity contribution is -0.133. The van der Waals surface area contributed by atoms with Gasteiger partial charge in [0.15, 0.2) is 0 Å². The van der Waals surface area contributed by atoms with Gasteiger partial charge in [0, 0.05) is 4.88 Å².